The third-order valence-corrected chi connectivity index (χ3v) is 4.14. The number of hydrogen-bond acceptors (Lipinski definition) is 2. The Hall–Kier alpha value is -1.16. The predicted molar refractivity (Wildman–Crippen MR) is 64.8 cm³/mol. The van der Waals surface area contributed by atoms with E-state index in [0.29, 0.717) is 17.1 Å². The molecule has 4 heteroatoms. The van der Waals surface area contributed by atoms with E-state index in [-0.39, 0.29) is 11.9 Å². The summed E-state index contributed by atoms with van der Waals surface area (Å²) in [4.78, 5) is 11.8. The van der Waals surface area contributed by atoms with Crippen molar-refractivity contribution in [2.75, 3.05) is 11.5 Å². The Morgan fingerprint density at radius 2 is 1.81 bits per heavy atom. The van der Waals surface area contributed by atoms with Crippen molar-refractivity contribution in [1.29, 1.82) is 0 Å². The van der Waals surface area contributed by atoms with E-state index in [1.165, 1.54) is 0 Å². The van der Waals surface area contributed by atoms with Gasteiger partial charge in [-0.1, -0.05) is 18.2 Å². The smallest absolute Gasteiger partial charge is 0.251 e. The quantitative estimate of drug-likeness (QED) is 0.843. The van der Waals surface area contributed by atoms with Crippen LogP contribution in [-0.4, -0.2) is 27.7 Å². The van der Waals surface area contributed by atoms with Crippen LogP contribution in [0.3, 0.4) is 0 Å². The lowest BCUT2D eigenvalue weighted by Gasteiger charge is -2.22. The highest BCUT2D eigenvalue weighted by atomic mass is 32.2. The van der Waals surface area contributed by atoms with Crippen LogP contribution in [0.2, 0.25) is 0 Å². The Kier molecular flexibility index (Phi) is 3.72. The summed E-state index contributed by atoms with van der Waals surface area (Å²) in [5.41, 5.74) is 0.689. The molecule has 0 radical (unpaired) electrons. The average Bonchev–Trinajstić information content (AvgIpc) is 2.33. The van der Waals surface area contributed by atoms with Crippen LogP contribution in [0.4, 0.5) is 0 Å². The molecule has 0 saturated carbocycles. The van der Waals surface area contributed by atoms with Gasteiger partial charge in [-0.05, 0) is 25.0 Å². The van der Waals surface area contributed by atoms with E-state index in [4.69, 9.17) is 0 Å². The summed E-state index contributed by atoms with van der Waals surface area (Å²) in [6.07, 6.45) is 1.65. The third kappa shape index (κ3) is 2.92. The number of hydrogen-bond donors (Lipinski definition) is 1. The lowest BCUT2D eigenvalue weighted by Crippen LogP contribution is -2.39. The summed E-state index contributed by atoms with van der Waals surface area (Å²) in [6.45, 7) is 0. The number of amides is 1. The highest BCUT2D eigenvalue weighted by Gasteiger charge is 2.19. The summed E-state index contributed by atoms with van der Waals surface area (Å²) in [5, 5.41) is 2.98. The fourth-order valence-electron chi connectivity index (χ4n) is 1.80. The largest absolute Gasteiger partial charge is 0.349 e. The van der Waals surface area contributed by atoms with Crippen LogP contribution in [-0.2, 0) is 10.8 Å². The molecule has 1 saturated heterocycles. The minimum Gasteiger partial charge on any atom is -0.349 e. The van der Waals surface area contributed by atoms with Gasteiger partial charge in [-0.3, -0.25) is 9.00 Å². The zero-order chi connectivity index (χ0) is 11.4. The maximum absolute atomic E-state index is 11.8. The molecular formula is C12H15NO2S. The normalized spacial score (nSPS) is 25.0. The van der Waals surface area contributed by atoms with Crippen molar-refractivity contribution < 1.29 is 9.00 Å². The van der Waals surface area contributed by atoms with Gasteiger partial charge in [0, 0.05) is 33.9 Å². The van der Waals surface area contributed by atoms with Crippen molar-refractivity contribution in [2.45, 2.75) is 18.9 Å². The molecule has 0 bridgehead atoms. The first-order chi connectivity index (χ1) is 7.75. The van der Waals surface area contributed by atoms with Crippen molar-refractivity contribution in [3.8, 4) is 0 Å². The van der Waals surface area contributed by atoms with Crippen LogP contribution in [0.1, 0.15) is 23.2 Å². The number of benzene rings is 1. The minimum atomic E-state index is -0.672. The molecule has 0 spiro atoms. The molecule has 1 heterocycles. The van der Waals surface area contributed by atoms with Crippen molar-refractivity contribution in [3.05, 3.63) is 35.9 Å². The highest BCUT2D eigenvalue weighted by molar-refractivity contribution is 7.85. The molecule has 16 heavy (non-hydrogen) atoms. The predicted octanol–water partition coefficient (Wildman–Crippen LogP) is 1.33. The van der Waals surface area contributed by atoms with Crippen LogP contribution >= 0.6 is 0 Å². The molecule has 0 aliphatic carbocycles. The van der Waals surface area contributed by atoms with E-state index in [9.17, 15) is 9.00 Å². The average molecular weight is 237 g/mol. The zero-order valence-electron chi connectivity index (χ0n) is 9.02. The molecule has 1 aliphatic heterocycles. The first kappa shape index (κ1) is 11.3. The minimum absolute atomic E-state index is 0.0294. The number of nitrogens with one attached hydrogen (secondary N) is 1. The Morgan fingerprint density at radius 1 is 1.19 bits per heavy atom. The number of carbonyl (C=O) groups is 1. The van der Waals surface area contributed by atoms with Crippen LogP contribution in [0.5, 0.6) is 0 Å². The number of rotatable bonds is 2. The summed E-state index contributed by atoms with van der Waals surface area (Å²) < 4.78 is 11.2. The van der Waals surface area contributed by atoms with Gasteiger partial charge >= 0.3 is 0 Å². The van der Waals surface area contributed by atoms with Gasteiger partial charge in [0.15, 0.2) is 0 Å². The van der Waals surface area contributed by atoms with Crippen molar-refractivity contribution in [2.24, 2.45) is 0 Å². The Bertz CT molecular complexity index is 381. The molecule has 1 aromatic rings. The molecule has 1 aliphatic rings. The molecular weight excluding hydrogens is 222 g/mol. The van der Waals surface area contributed by atoms with Crippen LogP contribution < -0.4 is 5.32 Å². The molecule has 1 aromatic carbocycles. The maximum Gasteiger partial charge on any atom is 0.251 e. The second-order valence-electron chi connectivity index (χ2n) is 3.96. The molecule has 1 fully saturated rings. The topological polar surface area (TPSA) is 46.2 Å². The highest BCUT2D eigenvalue weighted by Crippen LogP contribution is 2.10. The van der Waals surface area contributed by atoms with Gasteiger partial charge in [0.25, 0.3) is 5.91 Å². The molecule has 2 rings (SSSR count). The van der Waals surface area contributed by atoms with Gasteiger partial charge in [0.05, 0.1) is 0 Å². The summed E-state index contributed by atoms with van der Waals surface area (Å²) in [7, 11) is -0.672. The van der Waals surface area contributed by atoms with Crippen LogP contribution in [0.15, 0.2) is 30.3 Å². The van der Waals surface area contributed by atoms with Gasteiger partial charge < -0.3 is 5.32 Å². The lowest BCUT2D eigenvalue weighted by molar-refractivity contribution is 0.0934. The SMILES string of the molecule is O=C(NC1CCS(=O)CC1)c1ccccc1. The van der Waals surface area contributed by atoms with Crippen LogP contribution in [0.25, 0.3) is 0 Å². The molecule has 86 valence electrons. The van der Waals surface area contributed by atoms with Crippen molar-refractivity contribution in [1.82, 2.24) is 5.32 Å². The van der Waals surface area contributed by atoms with Crippen molar-refractivity contribution in [3.63, 3.8) is 0 Å². The van der Waals surface area contributed by atoms with E-state index in [1.54, 1.807) is 12.1 Å². The fraction of sp³-hybridized carbons (Fsp3) is 0.417. The molecule has 0 atom stereocenters. The summed E-state index contributed by atoms with van der Waals surface area (Å²) in [6, 6.07) is 9.38. The molecule has 3 nitrogen and oxygen atoms in total. The Morgan fingerprint density at radius 3 is 2.44 bits per heavy atom. The summed E-state index contributed by atoms with van der Waals surface area (Å²) in [5.74, 6) is 1.39. The second kappa shape index (κ2) is 5.25. The van der Waals surface area contributed by atoms with Gasteiger partial charge in [0.1, 0.15) is 0 Å². The van der Waals surface area contributed by atoms with Gasteiger partial charge in [0.2, 0.25) is 0 Å². The standard InChI is InChI=1S/C12H15NO2S/c14-12(10-4-2-1-3-5-10)13-11-6-8-16(15)9-7-11/h1-5,11H,6-9H2,(H,13,14). The second-order valence-corrected chi connectivity index (χ2v) is 5.66. The van der Waals surface area contributed by atoms with E-state index in [2.05, 4.69) is 5.32 Å². The summed E-state index contributed by atoms with van der Waals surface area (Å²) >= 11 is 0. The molecule has 1 N–H and O–H groups in total. The third-order valence-electron chi connectivity index (χ3n) is 2.76. The first-order valence-electron chi connectivity index (χ1n) is 5.46. The fourth-order valence-corrected chi connectivity index (χ4v) is 3.10. The van der Waals surface area contributed by atoms with E-state index >= 15 is 0 Å². The molecule has 0 unspecified atom stereocenters. The molecule has 0 aromatic heterocycles. The Labute approximate surface area is 97.7 Å². The van der Waals surface area contributed by atoms with Crippen LogP contribution in [0, 0.1) is 0 Å². The number of carbonyl (C=O) groups excluding carboxylic acids is 1. The van der Waals surface area contributed by atoms with E-state index in [1.807, 2.05) is 18.2 Å². The van der Waals surface area contributed by atoms with Gasteiger partial charge in [-0.15, -0.1) is 0 Å². The molecule has 1 amide bonds. The monoisotopic (exact) mass is 237 g/mol. The maximum atomic E-state index is 11.8. The lowest BCUT2D eigenvalue weighted by atomic mass is 10.1. The van der Waals surface area contributed by atoms with E-state index in [0.717, 1.165) is 12.8 Å². The van der Waals surface area contributed by atoms with E-state index < -0.39 is 10.8 Å². The zero-order valence-corrected chi connectivity index (χ0v) is 9.83. The Balaban J connectivity index is 1.91. The first-order valence-corrected chi connectivity index (χ1v) is 6.95. The van der Waals surface area contributed by atoms with Crippen molar-refractivity contribution >= 4 is 16.7 Å². The van der Waals surface area contributed by atoms with Gasteiger partial charge in [-0.2, -0.15) is 0 Å². The van der Waals surface area contributed by atoms with Gasteiger partial charge in [-0.25, -0.2) is 0 Å².